The van der Waals surface area contributed by atoms with Crippen LogP contribution in [0.25, 0.3) is 0 Å². The first-order valence-electron chi connectivity index (χ1n) is 10.7. The van der Waals surface area contributed by atoms with E-state index in [1.54, 1.807) is 18.2 Å². The van der Waals surface area contributed by atoms with Crippen molar-refractivity contribution >= 4 is 27.6 Å². The van der Waals surface area contributed by atoms with Crippen LogP contribution in [0, 0.1) is 0 Å². The van der Waals surface area contributed by atoms with Crippen molar-refractivity contribution in [2.24, 2.45) is 0 Å². The number of morpholine rings is 1. The highest BCUT2D eigenvalue weighted by atomic mass is 32.2. The molecule has 11 heteroatoms. The van der Waals surface area contributed by atoms with Gasteiger partial charge in [0.15, 0.2) is 15.6 Å². The van der Waals surface area contributed by atoms with Gasteiger partial charge < -0.3 is 23.9 Å². The van der Waals surface area contributed by atoms with Crippen molar-refractivity contribution in [1.82, 2.24) is 14.7 Å². The summed E-state index contributed by atoms with van der Waals surface area (Å²) >= 11 is 0. The summed E-state index contributed by atoms with van der Waals surface area (Å²) in [5, 5.41) is 0. The molecule has 0 bridgehead atoms. The molecule has 3 heterocycles. The number of piperazine rings is 1. The zero-order valence-corrected chi connectivity index (χ0v) is 18.8. The third-order valence-electron chi connectivity index (χ3n) is 5.72. The number of benzene rings is 1. The Morgan fingerprint density at radius 1 is 0.788 bits per heavy atom. The van der Waals surface area contributed by atoms with E-state index in [2.05, 4.69) is 0 Å². The van der Waals surface area contributed by atoms with Gasteiger partial charge >= 0.3 is 11.8 Å². The molecule has 0 unspecified atom stereocenters. The fourth-order valence-corrected chi connectivity index (χ4v) is 5.22. The summed E-state index contributed by atoms with van der Waals surface area (Å²) < 4.78 is 36.0. The molecule has 2 aromatic rings. The van der Waals surface area contributed by atoms with Crippen LogP contribution in [0.3, 0.4) is 0 Å². The van der Waals surface area contributed by atoms with Gasteiger partial charge in [-0.3, -0.25) is 14.4 Å². The summed E-state index contributed by atoms with van der Waals surface area (Å²) in [5.41, 5.74) is 0.282. The van der Waals surface area contributed by atoms with E-state index in [0.717, 1.165) is 0 Å². The summed E-state index contributed by atoms with van der Waals surface area (Å²) in [4.78, 5) is 42.6. The average molecular weight is 476 g/mol. The predicted molar refractivity (Wildman–Crippen MR) is 116 cm³/mol. The van der Waals surface area contributed by atoms with Gasteiger partial charge in [-0.2, -0.15) is 0 Å². The highest BCUT2D eigenvalue weighted by Gasteiger charge is 2.33. The second-order valence-electron chi connectivity index (χ2n) is 7.84. The van der Waals surface area contributed by atoms with Crippen LogP contribution in [0.4, 0.5) is 0 Å². The Hall–Kier alpha value is -3.18. The first kappa shape index (κ1) is 23.0. The van der Waals surface area contributed by atoms with Crippen molar-refractivity contribution < 1.29 is 32.0 Å². The highest BCUT2D eigenvalue weighted by molar-refractivity contribution is 7.90. The molecule has 2 aliphatic rings. The topological polar surface area (TPSA) is 117 Å². The summed E-state index contributed by atoms with van der Waals surface area (Å²) in [6, 6.07) is 9.49. The largest absolute Gasteiger partial charge is 0.459 e. The van der Waals surface area contributed by atoms with Crippen LogP contribution in [-0.4, -0.2) is 93.3 Å². The monoisotopic (exact) mass is 475 g/mol. The molecule has 0 saturated carbocycles. The lowest BCUT2D eigenvalue weighted by Gasteiger charge is -2.35. The van der Waals surface area contributed by atoms with Crippen molar-refractivity contribution in [1.29, 1.82) is 0 Å². The predicted octanol–water partition coefficient (Wildman–Crippen LogP) is 0.397. The smallest absolute Gasteiger partial charge is 0.312 e. The lowest BCUT2D eigenvalue weighted by molar-refractivity contribution is -0.154. The van der Waals surface area contributed by atoms with Gasteiger partial charge in [-0.1, -0.05) is 18.2 Å². The van der Waals surface area contributed by atoms with Gasteiger partial charge in [-0.05, 0) is 18.2 Å². The van der Waals surface area contributed by atoms with E-state index < -0.39 is 27.6 Å². The van der Waals surface area contributed by atoms with Crippen LogP contribution >= 0.6 is 0 Å². The van der Waals surface area contributed by atoms with Crippen LogP contribution in [0.2, 0.25) is 0 Å². The first-order chi connectivity index (χ1) is 15.9. The molecule has 10 nitrogen and oxygen atoms in total. The maximum absolute atomic E-state index is 13.0. The number of hydrogen-bond donors (Lipinski definition) is 0. The lowest BCUT2D eigenvalue weighted by Crippen LogP contribution is -2.55. The van der Waals surface area contributed by atoms with Crippen LogP contribution in [0.1, 0.15) is 16.1 Å². The Kier molecular flexibility index (Phi) is 6.80. The maximum atomic E-state index is 13.0. The molecule has 2 saturated heterocycles. The van der Waals surface area contributed by atoms with Crippen LogP contribution < -0.4 is 0 Å². The minimum atomic E-state index is -3.64. The fraction of sp³-hybridized carbons (Fsp3) is 0.409. The molecular formula is C22H25N3O7S. The minimum absolute atomic E-state index is 0.0290. The van der Waals surface area contributed by atoms with E-state index >= 15 is 0 Å². The number of ether oxygens (including phenoxy) is 1. The molecule has 0 radical (unpaired) electrons. The molecule has 2 fully saturated rings. The maximum Gasteiger partial charge on any atom is 0.312 e. The second-order valence-corrected chi connectivity index (χ2v) is 9.83. The third kappa shape index (κ3) is 5.09. The van der Waals surface area contributed by atoms with Crippen molar-refractivity contribution in [2.75, 3.05) is 52.5 Å². The molecule has 0 spiro atoms. The molecule has 4 rings (SSSR count). The number of amides is 3. The molecule has 3 amide bonds. The minimum Gasteiger partial charge on any atom is -0.459 e. The van der Waals surface area contributed by atoms with Crippen molar-refractivity contribution in [3.8, 4) is 0 Å². The van der Waals surface area contributed by atoms with E-state index in [0.29, 0.717) is 26.3 Å². The van der Waals surface area contributed by atoms with Crippen molar-refractivity contribution in [3.63, 3.8) is 0 Å². The standard InChI is InChI=1S/C22H25N3O7S/c26-20(19-17(6-13-32-19)16-33(29,30)18-4-2-1-3-5-18)23-7-9-24(10-8-23)21(27)22(28)25-11-14-31-15-12-25/h1-6,13H,7-12,14-16H2. The van der Waals surface area contributed by atoms with Gasteiger partial charge in [0.25, 0.3) is 5.91 Å². The second kappa shape index (κ2) is 9.75. The van der Waals surface area contributed by atoms with Crippen LogP contribution in [0.5, 0.6) is 0 Å². The van der Waals surface area contributed by atoms with E-state index in [-0.39, 0.29) is 48.2 Å². The van der Waals surface area contributed by atoms with E-state index in [1.807, 2.05) is 0 Å². The van der Waals surface area contributed by atoms with Gasteiger partial charge in [-0.25, -0.2) is 8.42 Å². The number of hydrogen-bond acceptors (Lipinski definition) is 7. The summed E-state index contributed by atoms with van der Waals surface area (Å²) in [6.45, 7) is 2.43. The fourth-order valence-electron chi connectivity index (χ4n) is 3.85. The molecule has 1 aromatic heterocycles. The van der Waals surface area contributed by atoms with Gasteiger partial charge in [0.1, 0.15) is 0 Å². The van der Waals surface area contributed by atoms with Crippen LogP contribution in [0.15, 0.2) is 52.0 Å². The van der Waals surface area contributed by atoms with Crippen LogP contribution in [-0.2, 0) is 29.9 Å². The van der Waals surface area contributed by atoms with Crippen molar-refractivity contribution in [3.05, 3.63) is 54.0 Å². The molecule has 2 aliphatic heterocycles. The van der Waals surface area contributed by atoms with Gasteiger partial charge in [0.2, 0.25) is 0 Å². The highest BCUT2D eigenvalue weighted by Crippen LogP contribution is 2.21. The van der Waals surface area contributed by atoms with E-state index in [9.17, 15) is 22.8 Å². The number of rotatable bonds is 4. The Balaban J connectivity index is 1.37. The zero-order valence-electron chi connectivity index (χ0n) is 18.0. The zero-order chi connectivity index (χ0) is 23.4. The lowest BCUT2D eigenvalue weighted by atomic mass is 10.2. The molecule has 0 atom stereocenters. The van der Waals surface area contributed by atoms with Gasteiger partial charge in [-0.15, -0.1) is 0 Å². The van der Waals surface area contributed by atoms with E-state index in [1.165, 1.54) is 39.2 Å². The molecule has 1 aromatic carbocycles. The summed E-state index contributed by atoms with van der Waals surface area (Å²) in [6.07, 6.45) is 1.30. The van der Waals surface area contributed by atoms with Gasteiger partial charge in [0, 0.05) is 44.8 Å². The molecular weight excluding hydrogens is 450 g/mol. The van der Waals surface area contributed by atoms with E-state index in [4.69, 9.17) is 9.15 Å². The van der Waals surface area contributed by atoms with Crippen molar-refractivity contribution in [2.45, 2.75) is 10.6 Å². The average Bonchev–Trinajstić information content (AvgIpc) is 3.31. The number of carbonyl (C=O) groups excluding carboxylic acids is 3. The normalized spacial score (nSPS) is 17.2. The number of furan rings is 1. The summed E-state index contributed by atoms with van der Waals surface area (Å²) in [5.74, 6) is -1.97. The Morgan fingerprint density at radius 3 is 2.00 bits per heavy atom. The first-order valence-corrected chi connectivity index (χ1v) is 12.3. The molecule has 33 heavy (non-hydrogen) atoms. The Labute approximate surface area is 191 Å². The number of sulfone groups is 1. The Morgan fingerprint density at radius 2 is 1.36 bits per heavy atom. The quantitative estimate of drug-likeness (QED) is 0.588. The number of carbonyl (C=O) groups is 3. The molecule has 0 aliphatic carbocycles. The van der Waals surface area contributed by atoms with Gasteiger partial charge in [0.05, 0.1) is 30.1 Å². The molecule has 176 valence electrons. The summed E-state index contributed by atoms with van der Waals surface area (Å²) in [7, 11) is -3.64. The Bertz CT molecular complexity index is 1120. The molecule has 0 N–H and O–H groups in total. The third-order valence-corrected chi connectivity index (χ3v) is 7.41. The number of nitrogens with zero attached hydrogens (tertiary/aromatic N) is 3. The SMILES string of the molecule is O=C(C(=O)N1CCN(C(=O)c2occc2CS(=O)(=O)c2ccccc2)CC1)N1CCOCC1.